The van der Waals surface area contributed by atoms with E-state index in [9.17, 15) is 0 Å². The fraction of sp³-hybridized carbons (Fsp3) is 0. The first-order chi connectivity index (χ1) is 24.8. The van der Waals surface area contributed by atoms with E-state index in [1.807, 2.05) is 0 Å². The molecular formula is C50H32. The van der Waals surface area contributed by atoms with E-state index < -0.39 is 0 Å². The summed E-state index contributed by atoms with van der Waals surface area (Å²) < 4.78 is 0. The van der Waals surface area contributed by atoms with Gasteiger partial charge in [-0.25, -0.2) is 0 Å². The van der Waals surface area contributed by atoms with E-state index in [2.05, 4.69) is 194 Å². The van der Waals surface area contributed by atoms with Crippen molar-refractivity contribution in [2.24, 2.45) is 0 Å². The van der Waals surface area contributed by atoms with Gasteiger partial charge in [0, 0.05) is 0 Å². The smallest absolute Gasteiger partial charge is 0.00199 e. The SMILES string of the molecule is c1ccc(-c2ccccc2-c2ccc3cc(-c4c5ccccc5c(-c5cccc6ccc7ccccc7c56)c5ccccc45)ccc3c2)cc1. The highest BCUT2D eigenvalue weighted by atomic mass is 14.2. The van der Waals surface area contributed by atoms with Crippen molar-refractivity contribution in [2.45, 2.75) is 0 Å². The summed E-state index contributed by atoms with van der Waals surface area (Å²) in [4.78, 5) is 0. The van der Waals surface area contributed by atoms with Gasteiger partial charge in [-0.1, -0.05) is 182 Å². The summed E-state index contributed by atoms with van der Waals surface area (Å²) in [6.07, 6.45) is 0. The van der Waals surface area contributed by atoms with Crippen LogP contribution >= 0.6 is 0 Å². The summed E-state index contributed by atoms with van der Waals surface area (Å²) in [5, 5.41) is 12.7. The maximum atomic E-state index is 2.38. The van der Waals surface area contributed by atoms with Gasteiger partial charge in [-0.3, -0.25) is 0 Å². The van der Waals surface area contributed by atoms with Crippen LogP contribution in [0.3, 0.4) is 0 Å². The number of rotatable bonds is 4. The summed E-state index contributed by atoms with van der Waals surface area (Å²) in [5.41, 5.74) is 10.1. The predicted molar refractivity (Wildman–Crippen MR) is 216 cm³/mol. The zero-order valence-electron chi connectivity index (χ0n) is 27.5. The molecule has 0 aliphatic rings. The van der Waals surface area contributed by atoms with E-state index in [1.54, 1.807) is 0 Å². The summed E-state index contributed by atoms with van der Waals surface area (Å²) in [6, 6.07) is 71.3. The molecule has 0 unspecified atom stereocenters. The Morgan fingerprint density at radius 2 is 0.680 bits per heavy atom. The molecule has 0 N–H and O–H groups in total. The molecule has 0 amide bonds. The van der Waals surface area contributed by atoms with Crippen LogP contribution in [0.25, 0.3) is 98.4 Å². The molecule has 0 saturated carbocycles. The number of fused-ring (bicyclic) bond motifs is 6. The molecule has 0 heterocycles. The lowest BCUT2D eigenvalue weighted by Gasteiger charge is -2.19. The highest BCUT2D eigenvalue weighted by Gasteiger charge is 2.19. The highest BCUT2D eigenvalue weighted by Crippen LogP contribution is 2.46. The molecule has 50 heavy (non-hydrogen) atoms. The van der Waals surface area contributed by atoms with Gasteiger partial charge >= 0.3 is 0 Å². The van der Waals surface area contributed by atoms with Gasteiger partial charge in [-0.2, -0.15) is 0 Å². The Morgan fingerprint density at radius 3 is 1.38 bits per heavy atom. The largest absolute Gasteiger partial charge is 0.0622 e. The first kappa shape index (κ1) is 28.5. The molecule has 0 aliphatic carbocycles. The van der Waals surface area contributed by atoms with Gasteiger partial charge in [0.25, 0.3) is 0 Å². The van der Waals surface area contributed by atoms with Crippen LogP contribution < -0.4 is 0 Å². The van der Waals surface area contributed by atoms with Crippen LogP contribution in [0.5, 0.6) is 0 Å². The molecular weight excluding hydrogens is 601 g/mol. The highest BCUT2D eigenvalue weighted by molar-refractivity contribution is 6.26. The quantitative estimate of drug-likeness (QED) is 0.134. The summed E-state index contributed by atoms with van der Waals surface area (Å²) in [5.74, 6) is 0. The van der Waals surface area contributed by atoms with Gasteiger partial charge in [0.15, 0.2) is 0 Å². The molecule has 232 valence electrons. The van der Waals surface area contributed by atoms with Crippen molar-refractivity contribution >= 4 is 53.9 Å². The molecule has 0 fully saturated rings. The molecule has 10 aromatic carbocycles. The van der Waals surface area contributed by atoms with Crippen molar-refractivity contribution in [3.8, 4) is 44.5 Å². The summed E-state index contributed by atoms with van der Waals surface area (Å²) in [6.45, 7) is 0. The molecule has 0 radical (unpaired) electrons. The fourth-order valence-electron chi connectivity index (χ4n) is 8.17. The normalized spacial score (nSPS) is 11.6. The Balaban J connectivity index is 1.19. The Labute approximate surface area is 291 Å². The van der Waals surface area contributed by atoms with E-state index in [1.165, 1.54) is 98.4 Å². The van der Waals surface area contributed by atoms with Gasteiger partial charge in [0.1, 0.15) is 0 Å². The second-order valence-corrected chi connectivity index (χ2v) is 13.2. The molecule has 0 nitrogen and oxygen atoms in total. The van der Waals surface area contributed by atoms with E-state index in [0.29, 0.717) is 0 Å². The number of hydrogen-bond donors (Lipinski definition) is 0. The molecule has 0 bridgehead atoms. The van der Waals surface area contributed by atoms with Crippen LogP contribution in [-0.2, 0) is 0 Å². The monoisotopic (exact) mass is 632 g/mol. The van der Waals surface area contributed by atoms with E-state index in [0.717, 1.165) is 0 Å². The molecule has 0 heteroatoms. The molecule has 0 atom stereocenters. The maximum absolute atomic E-state index is 2.38. The van der Waals surface area contributed by atoms with Gasteiger partial charge < -0.3 is 0 Å². The van der Waals surface area contributed by atoms with Crippen LogP contribution in [0.15, 0.2) is 194 Å². The predicted octanol–water partition coefficient (Wildman–Crippen LogP) is 14.1. The Morgan fingerprint density at radius 1 is 0.220 bits per heavy atom. The van der Waals surface area contributed by atoms with Crippen LogP contribution in [0.2, 0.25) is 0 Å². The van der Waals surface area contributed by atoms with E-state index in [4.69, 9.17) is 0 Å². The molecule has 10 aromatic rings. The van der Waals surface area contributed by atoms with E-state index >= 15 is 0 Å². The van der Waals surface area contributed by atoms with Crippen LogP contribution in [0, 0.1) is 0 Å². The minimum Gasteiger partial charge on any atom is -0.0622 e. The Kier molecular flexibility index (Phi) is 6.60. The lowest BCUT2D eigenvalue weighted by atomic mass is 9.83. The van der Waals surface area contributed by atoms with Gasteiger partial charge in [-0.15, -0.1) is 0 Å². The third-order valence-electron chi connectivity index (χ3n) is 10.4. The molecule has 0 spiro atoms. The van der Waals surface area contributed by atoms with Crippen molar-refractivity contribution in [3.63, 3.8) is 0 Å². The standard InChI is InChI=1S/C50H32/c1-2-13-33(14-3-1)40-17-6-7-18-41(40)38-29-27-37-32-39(30-28-36(37)31-38)49-43-20-8-10-22-45(43)50(46-23-11-9-21-44(46)49)47-24-12-16-35-26-25-34-15-4-5-19-42(34)48(35)47/h1-32H. The van der Waals surface area contributed by atoms with Crippen molar-refractivity contribution in [2.75, 3.05) is 0 Å². The zero-order chi connectivity index (χ0) is 33.0. The first-order valence-electron chi connectivity index (χ1n) is 17.4. The minimum atomic E-state index is 1.23. The lowest BCUT2D eigenvalue weighted by molar-refractivity contribution is 1.59. The van der Waals surface area contributed by atoms with Gasteiger partial charge in [-0.05, 0) is 111 Å². The molecule has 10 rings (SSSR count). The molecule has 0 aliphatic heterocycles. The van der Waals surface area contributed by atoms with Crippen LogP contribution in [0.4, 0.5) is 0 Å². The third kappa shape index (κ3) is 4.54. The van der Waals surface area contributed by atoms with Crippen molar-refractivity contribution in [1.29, 1.82) is 0 Å². The van der Waals surface area contributed by atoms with Gasteiger partial charge in [0.05, 0.1) is 0 Å². The van der Waals surface area contributed by atoms with Gasteiger partial charge in [0.2, 0.25) is 0 Å². The minimum absolute atomic E-state index is 1.23. The fourth-order valence-corrected chi connectivity index (χ4v) is 8.17. The maximum Gasteiger partial charge on any atom is -0.00199 e. The topological polar surface area (TPSA) is 0 Å². The van der Waals surface area contributed by atoms with Crippen LogP contribution in [-0.4, -0.2) is 0 Å². The lowest BCUT2D eigenvalue weighted by Crippen LogP contribution is -1.92. The van der Waals surface area contributed by atoms with Crippen molar-refractivity contribution in [1.82, 2.24) is 0 Å². The molecule has 0 saturated heterocycles. The number of benzene rings is 10. The first-order valence-corrected chi connectivity index (χ1v) is 17.4. The average molecular weight is 633 g/mol. The van der Waals surface area contributed by atoms with Crippen molar-refractivity contribution < 1.29 is 0 Å². The van der Waals surface area contributed by atoms with Crippen LogP contribution in [0.1, 0.15) is 0 Å². The van der Waals surface area contributed by atoms with E-state index in [-0.39, 0.29) is 0 Å². The third-order valence-corrected chi connectivity index (χ3v) is 10.4. The van der Waals surface area contributed by atoms with Crippen molar-refractivity contribution in [3.05, 3.63) is 194 Å². The zero-order valence-corrected chi connectivity index (χ0v) is 27.5. The average Bonchev–Trinajstić information content (AvgIpc) is 3.19. The molecule has 0 aromatic heterocycles. The Hall–Kier alpha value is -6.50. The summed E-state index contributed by atoms with van der Waals surface area (Å²) in [7, 11) is 0. The Bertz CT molecular complexity index is 2860. The second-order valence-electron chi connectivity index (χ2n) is 13.2. The summed E-state index contributed by atoms with van der Waals surface area (Å²) >= 11 is 0. The number of hydrogen-bond acceptors (Lipinski definition) is 0. The second kappa shape index (κ2) is 11.6.